The van der Waals surface area contributed by atoms with Gasteiger partial charge in [-0.3, -0.25) is 14.9 Å². The number of carbonyl (C=O) groups excluding carboxylic acids is 1. The van der Waals surface area contributed by atoms with Gasteiger partial charge < -0.3 is 10.6 Å². The maximum Gasteiger partial charge on any atom is 0.292 e. The zero-order chi connectivity index (χ0) is 15.4. The van der Waals surface area contributed by atoms with Crippen LogP contribution in [0.3, 0.4) is 0 Å². The fourth-order valence-electron chi connectivity index (χ4n) is 1.75. The maximum absolute atomic E-state index is 12.1. The summed E-state index contributed by atoms with van der Waals surface area (Å²) in [6.45, 7) is 0.418. The van der Waals surface area contributed by atoms with Gasteiger partial charge in [-0.2, -0.15) is 0 Å². The molecule has 1 aromatic carbocycles. The second-order valence-corrected chi connectivity index (χ2v) is 6.68. The number of nitrogens with one attached hydrogen (secondary N) is 2. The van der Waals surface area contributed by atoms with Crippen molar-refractivity contribution in [3.8, 4) is 0 Å². The second kappa shape index (κ2) is 6.68. The summed E-state index contributed by atoms with van der Waals surface area (Å²) in [5, 5.41) is 16.3. The van der Waals surface area contributed by atoms with Crippen LogP contribution in [0.5, 0.6) is 0 Å². The Kier molecular flexibility index (Phi) is 4.92. The van der Waals surface area contributed by atoms with Crippen molar-refractivity contribution in [1.82, 2.24) is 5.32 Å². The molecule has 6 nitrogen and oxygen atoms in total. The summed E-state index contributed by atoms with van der Waals surface area (Å²) in [7, 11) is 1.58. The lowest BCUT2D eigenvalue weighted by atomic mass is 10.1. The smallest absolute Gasteiger partial charge is 0.292 e. The molecular formula is C13H12BrN3O3S. The van der Waals surface area contributed by atoms with Crippen LogP contribution < -0.4 is 10.6 Å². The number of benzene rings is 1. The standard InChI is InChI=1S/C13H12BrN3O3S/c1-15-10-6-8(2-4-11(10)17(19)20)13(18)16-7-9-3-5-12(14)21-9/h2-6,15H,7H2,1H3,(H,16,18). The minimum Gasteiger partial charge on any atom is -0.383 e. The third-order valence-corrected chi connectivity index (χ3v) is 4.40. The van der Waals surface area contributed by atoms with E-state index in [-0.39, 0.29) is 11.6 Å². The van der Waals surface area contributed by atoms with E-state index >= 15 is 0 Å². The van der Waals surface area contributed by atoms with Crippen molar-refractivity contribution >= 4 is 44.5 Å². The van der Waals surface area contributed by atoms with Gasteiger partial charge >= 0.3 is 0 Å². The number of halogens is 1. The Morgan fingerprint density at radius 1 is 1.38 bits per heavy atom. The number of carbonyl (C=O) groups is 1. The molecule has 2 N–H and O–H groups in total. The van der Waals surface area contributed by atoms with Crippen molar-refractivity contribution in [3.63, 3.8) is 0 Å². The van der Waals surface area contributed by atoms with Crippen LogP contribution in [-0.2, 0) is 6.54 Å². The Bertz CT molecular complexity index is 687. The molecule has 2 rings (SSSR count). The van der Waals surface area contributed by atoms with Gasteiger partial charge in [-0.15, -0.1) is 11.3 Å². The van der Waals surface area contributed by atoms with Crippen LogP contribution in [0, 0.1) is 10.1 Å². The van der Waals surface area contributed by atoms with E-state index in [4.69, 9.17) is 0 Å². The van der Waals surface area contributed by atoms with Crippen molar-refractivity contribution in [2.75, 3.05) is 12.4 Å². The molecule has 0 saturated carbocycles. The van der Waals surface area contributed by atoms with E-state index in [0.717, 1.165) is 8.66 Å². The molecule has 0 saturated heterocycles. The van der Waals surface area contributed by atoms with Crippen molar-refractivity contribution < 1.29 is 9.72 Å². The van der Waals surface area contributed by atoms with Crippen LogP contribution in [0.1, 0.15) is 15.2 Å². The molecule has 1 heterocycles. The fraction of sp³-hybridized carbons (Fsp3) is 0.154. The summed E-state index contributed by atoms with van der Waals surface area (Å²) in [6, 6.07) is 8.07. The molecule has 0 bridgehead atoms. The summed E-state index contributed by atoms with van der Waals surface area (Å²) in [5.74, 6) is -0.272. The molecule has 0 aliphatic carbocycles. The van der Waals surface area contributed by atoms with Gasteiger partial charge in [0.15, 0.2) is 0 Å². The van der Waals surface area contributed by atoms with Gasteiger partial charge in [0.05, 0.1) is 15.3 Å². The number of rotatable bonds is 5. The molecule has 2 aromatic rings. The lowest BCUT2D eigenvalue weighted by Gasteiger charge is -2.06. The highest BCUT2D eigenvalue weighted by Gasteiger charge is 2.15. The van der Waals surface area contributed by atoms with Crippen LogP contribution >= 0.6 is 27.3 Å². The van der Waals surface area contributed by atoms with E-state index < -0.39 is 4.92 Å². The molecular weight excluding hydrogens is 358 g/mol. The number of thiophene rings is 1. The average molecular weight is 370 g/mol. The molecule has 0 atom stereocenters. The van der Waals surface area contributed by atoms with Crippen LogP contribution in [0.15, 0.2) is 34.1 Å². The van der Waals surface area contributed by atoms with Gasteiger partial charge in [0.25, 0.3) is 11.6 Å². The van der Waals surface area contributed by atoms with Gasteiger partial charge in [0.1, 0.15) is 5.69 Å². The van der Waals surface area contributed by atoms with E-state index in [9.17, 15) is 14.9 Å². The Labute approximate surface area is 133 Å². The van der Waals surface area contributed by atoms with Crippen LogP contribution in [0.25, 0.3) is 0 Å². The molecule has 0 aliphatic heterocycles. The molecule has 1 aromatic heterocycles. The van der Waals surface area contributed by atoms with E-state index in [1.54, 1.807) is 7.05 Å². The normalized spacial score (nSPS) is 10.2. The van der Waals surface area contributed by atoms with Crippen LogP contribution in [-0.4, -0.2) is 17.9 Å². The van der Waals surface area contributed by atoms with Crippen LogP contribution in [0.4, 0.5) is 11.4 Å². The molecule has 0 radical (unpaired) electrons. The molecule has 1 amide bonds. The Morgan fingerprint density at radius 3 is 2.71 bits per heavy atom. The SMILES string of the molecule is CNc1cc(C(=O)NCc2ccc(Br)s2)ccc1[N+](=O)[O-]. The first kappa shape index (κ1) is 15.5. The molecule has 0 fully saturated rings. The highest BCUT2D eigenvalue weighted by Crippen LogP contribution is 2.25. The number of nitro groups is 1. The summed E-state index contributed by atoms with van der Waals surface area (Å²) in [6.07, 6.45) is 0. The first-order valence-electron chi connectivity index (χ1n) is 6.00. The highest BCUT2D eigenvalue weighted by atomic mass is 79.9. The van der Waals surface area contributed by atoms with Crippen molar-refractivity contribution in [3.05, 3.63) is 54.7 Å². The van der Waals surface area contributed by atoms with Gasteiger partial charge in [-0.1, -0.05) is 0 Å². The van der Waals surface area contributed by atoms with E-state index in [2.05, 4.69) is 26.6 Å². The number of anilines is 1. The minimum absolute atomic E-state index is 0.0590. The number of nitro benzene ring substituents is 1. The fourth-order valence-corrected chi connectivity index (χ4v) is 3.18. The number of hydrogen-bond acceptors (Lipinski definition) is 5. The lowest BCUT2D eigenvalue weighted by Crippen LogP contribution is -2.22. The topological polar surface area (TPSA) is 84.3 Å². The largest absolute Gasteiger partial charge is 0.383 e. The Hall–Kier alpha value is -1.93. The zero-order valence-electron chi connectivity index (χ0n) is 11.1. The first-order valence-corrected chi connectivity index (χ1v) is 7.61. The monoisotopic (exact) mass is 369 g/mol. The van der Waals surface area contributed by atoms with Crippen LogP contribution in [0.2, 0.25) is 0 Å². The molecule has 110 valence electrons. The Balaban J connectivity index is 2.10. The summed E-state index contributed by atoms with van der Waals surface area (Å²) >= 11 is 4.90. The maximum atomic E-state index is 12.1. The predicted octanol–water partition coefficient (Wildman–Crippen LogP) is 3.39. The zero-order valence-corrected chi connectivity index (χ0v) is 13.5. The second-order valence-electron chi connectivity index (χ2n) is 4.13. The predicted molar refractivity (Wildman–Crippen MR) is 85.8 cm³/mol. The van der Waals surface area contributed by atoms with Gasteiger partial charge in [0.2, 0.25) is 0 Å². The minimum atomic E-state index is -0.489. The summed E-state index contributed by atoms with van der Waals surface area (Å²) in [5.41, 5.74) is 0.628. The number of nitrogens with zero attached hydrogens (tertiary/aromatic N) is 1. The third kappa shape index (κ3) is 3.79. The molecule has 21 heavy (non-hydrogen) atoms. The average Bonchev–Trinajstić information content (AvgIpc) is 2.89. The van der Waals surface area contributed by atoms with E-state index in [1.807, 2.05) is 12.1 Å². The number of hydrogen-bond donors (Lipinski definition) is 2. The van der Waals surface area contributed by atoms with Crippen molar-refractivity contribution in [2.45, 2.75) is 6.54 Å². The van der Waals surface area contributed by atoms with E-state index in [1.165, 1.54) is 29.5 Å². The van der Waals surface area contributed by atoms with Gasteiger partial charge in [0, 0.05) is 23.6 Å². The van der Waals surface area contributed by atoms with Crippen molar-refractivity contribution in [1.29, 1.82) is 0 Å². The highest BCUT2D eigenvalue weighted by molar-refractivity contribution is 9.11. The molecule has 0 aliphatic rings. The summed E-state index contributed by atoms with van der Waals surface area (Å²) in [4.78, 5) is 23.4. The Morgan fingerprint density at radius 2 is 2.14 bits per heavy atom. The van der Waals surface area contributed by atoms with Gasteiger partial charge in [-0.05, 0) is 40.2 Å². The molecule has 0 unspecified atom stereocenters. The lowest BCUT2D eigenvalue weighted by molar-refractivity contribution is -0.383. The molecule has 8 heteroatoms. The number of amides is 1. The third-order valence-electron chi connectivity index (χ3n) is 2.78. The van der Waals surface area contributed by atoms with Crippen molar-refractivity contribution in [2.24, 2.45) is 0 Å². The van der Waals surface area contributed by atoms with E-state index in [0.29, 0.717) is 17.8 Å². The summed E-state index contributed by atoms with van der Waals surface area (Å²) < 4.78 is 1.000. The first-order chi connectivity index (χ1) is 10.0. The quantitative estimate of drug-likeness (QED) is 0.624. The molecule has 0 spiro atoms. The van der Waals surface area contributed by atoms with Gasteiger partial charge in [-0.25, -0.2) is 0 Å².